The van der Waals surface area contributed by atoms with Crippen molar-refractivity contribution >= 4 is 27.5 Å². The SMILES string of the molecule is C[C@@H](NCCOc1cccc(Br)c1)c1ccccc1Cl. The van der Waals surface area contributed by atoms with Gasteiger partial charge in [0, 0.05) is 22.1 Å². The first-order valence-electron chi connectivity index (χ1n) is 6.53. The first-order chi connectivity index (χ1) is 9.66. The van der Waals surface area contributed by atoms with Crippen molar-refractivity contribution in [3.05, 3.63) is 63.6 Å². The zero-order valence-corrected chi connectivity index (χ0v) is 13.6. The maximum atomic E-state index is 6.17. The largest absolute Gasteiger partial charge is 0.492 e. The highest BCUT2D eigenvalue weighted by Gasteiger charge is 2.07. The predicted octanol–water partition coefficient (Wildman–Crippen LogP) is 4.83. The molecule has 0 aliphatic rings. The maximum Gasteiger partial charge on any atom is 0.120 e. The molecule has 20 heavy (non-hydrogen) atoms. The van der Waals surface area contributed by atoms with E-state index in [1.54, 1.807) is 0 Å². The topological polar surface area (TPSA) is 21.3 Å². The quantitative estimate of drug-likeness (QED) is 0.750. The van der Waals surface area contributed by atoms with Gasteiger partial charge in [0.15, 0.2) is 0 Å². The molecule has 0 amide bonds. The summed E-state index contributed by atoms with van der Waals surface area (Å²) >= 11 is 9.59. The number of benzene rings is 2. The van der Waals surface area contributed by atoms with Crippen LogP contribution >= 0.6 is 27.5 Å². The number of ether oxygens (including phenoxy) is 1. The van der Waals surface area contributed by atoms with E-state index in [1.807, 2.05) is 48.5 Å². The Labute approximate surface area is 133 Å². The van der Waals surface area contributed by atoms with Crippen LogP contribution in [0, 0.1) is 0 Å². The minimum atomic E-state index is 0.204. The Hall–Kier alpha value is -1.03. The smallest absolute Gasteiger partial charge is 0.120 e. The number of nitrogens with one attached hydrogen (secondary N) is 1. The van der Waals surface area contributed by atoms with Gasteiger partial charge < -0.3 is 10.1 Å². The van der Waals surface area contributed by atoms with E-state index < -0.39 is 0 Å². The van der Waals surface area contributed by atoms with Crippen LogP contribution in [0.2, 0.25) is 5.02 Å². The highest BCUT2D eigenvalue weighted by molar-refractivity contribution is 9.10. The summed E-state index contributed by atoms with van der Waals surface area (Å²) in [7, 11) is 0. The van der Waals surface area contributed by atoms with Gasteiger partial charge in [-0.25, -0.2) is 0 Å². The zero-order valence-electron chi connectivity index (χ0n) is 11.3. The summed E-state index contributed by atoms with van der Waals surface area (Å²) in [6, 6.07) is 15.9. The molecule has 0 radical (unpaired) electrons. The lowest BCUT2D eigenvalue weighted by Crippen LogP contribution is -2.24. The molecule has 0 saturated carbocycles. The van der Waals surface area contributed by atoms with E-state index in [0.717, 1.165) is 27.4 Å². The van der Waals surface area contributed by atoms with Crippen LogP contribution in [0.1, 0.15) is 18.5 Å². The average Bonchev–Trinajstić information content (AvgIpc) is 2.44. The molecule has 2 aromatic rings. The third-order valence-electron chi connectivity index (χ3n) is 2.99. The molecule has 0 aromatic heterocycles. The van der Waals surface area contributed by atoms with Crippen LogP contribution in [0.3, 0.4) is 0 Å². The fraction of sp³-hybridized carbons (Fsp3) is 0.250. The molecular formula is C16H17BrClNO. The second-order valence-corrected chi connectivity index (χ2v) is 5.83. The lowest BCUT2D eigenvalue weighted by Gasteiger charge is -2.16. The molecule has 1 N–H and O–H groups in total. The molecule has 106 valence electrons. The van der Waals surface area contributed by atoms with Crippen molar-refractivity contribution in [2.24, 2.45) is 0 Å². The van der Waals surface area contributed by atoms with Crippen molar-refractivity contribution < 1.29 is 4.74 Å². The number of halogens is 2. The van der Waals surface area contributed by atoms with Gasteiger partial charge in [-0.05, 0) is 36.8 Å². The third kappa shape index (κ3) is 4.51. The molecule has 2 nitrogen and oxygen atoms in total. The Morgan fingerprint density at radius 2 is 2.00 bits per heavy atom. The fourth-order valence-electron chi connectivity index (χ4n) is 1.94. The Morgan fingerprint density at radius 3 is 2.75 bits per heavy atom. The molecule has 4 heteroatoms. The summed E-state index contributed by atoms with van der Waals surface area (Å²) in [6.45, 7) is 3.48. The van der Waals surface area contributed by atoms with E-state index in [2.05, 4.69) is 28.2 Å². The van der Waals surface area contributed by atoms with Gasteiger partial charge in [-0.3, -0.25) is 0 Å². The van der Waals surface area contributed by atoms with Gasteiger partial charge in [0.25, 0.3) is 0 Å². The molecule has 0 spiro atoms. The van der Waals surface area contributed by atoms with Crippen molar-refractivity contribution in [2.45, 2.75) is 13.0 Å². The standard InChI is InChI=1S/C16H17BrClNO/c1-12(15-7-2-3-8-16(15)18)19-9-10-20-14-6-4-5-13(17)11-14/h2-8,11-12,19H,9-10H2,1H3/t12-/m1/s1. The average molecular weight is 355 g/mol. The minimum Gasteiger partial charge on any atom is -0.492 e. The van der Waals surface area contributed by atoms with Gasteiger partial charge in [0.05, 0.1) is 0 Å². The van der Waals surface area contributed by atoms with Crippen molar-refractivity contribution in [2.75, 3.05) is 13.2 Å². The first-order valence-corrected chi connectivity index (χ1v) is 7.70. The van der Waals surface area contributed by atoms with Gasteiger partial charge >= 0.3 is 0 Å². The van der Waals surface area contributed by atoms with E-state index in [1.165, 1.54) is 0 Å². The summed E-state index contributed by atoms with van der Waals surface area (Å²) in [5.41, 5.74) is 1.11. The highest BCUT2D eigenvalue weighted by atomic mass is 79.9. The van der Waals surface area contributed by atoms with E-state index in [9.17, 15) is 0 Å². The van der Waals surface area contributed by atoms with Gasteiger partial charge in [0.2, 0.25) is 0 Å². The Bertz CT molecular complexity index is 562. The van der Waals surface area contributed by atoms with E-state index in [4.69, 9.17) is 16.3 Å². The fourth-order valence-corrected chi connectivity index (χ4v) is 2.61. The monoisotopic (exact) mass is 353 g/mol. The molecule has 0 saturated heterocycles. The Balaban J connectivity index is 1.77. The van der Waals surface area contributed by atoms with E-state index in [0.29, 0.717) is 6.61 Å². The Kier molecular flexibility index (Phi) is 5.89. The van der Waals surface area contributed by atoms with Crippen LogP contribution in [0.5, 0.6) is 5.75 Å². The van der Waals surface area contributed by atoms with Crippen molar-refractivity contribution in [3.8, 4) is 5.75 Å². The van der Waals surface area contributed by atoms with Crippen molar-refractivity contribution in [1.29, 1.82) is 0 Å². The molecule has 2 aromatic carbocycles. The predicted molar refractivity (Wildman–Crippen MR) is 87.5 cm³/mol. The zero-order chi connectivity index (χ0) is 14.4. The van der Waals surface area contributed by atoms with Crippen LogP contribution in [-0.4, -0.2) is 13.2 Å². The summed E-state index contributed by atoms with van der Waals surface area (Å²) < 4.78 is 6.70. The summed E-state index contributed by atoms with van der Waals surface area (Å²) in [4.78, 5) is 0. The normalized spacial score (nSPS) is 12.2. The highest BCUT2D eigenvalue weighted by Crippen LogP contribution is 2.22. The van der Waals surface area contributed by atoms with Crippen LogP contribution in [0.15, 0.2) is 53.0 Å². The van der Waals surface area contributed by atoms with E-state index >= 15 is 0 Å². The molecule has 2 rings (SSSR count). The third-order valence-corrected chi connectivity index (χ3v) is 3.83. The summed E-state index contributed by atoms with van der Waals surface area (Å²) in [5.74, 6) is 0.867. The van der Waals surface area contributed by atoms with Gasteiger partial charge in [-0.15, -0.1) is 0 Å². The molecule has 0 unspecified atom stereocenters. The summed E-state index contributed by atoms with van der Waals surface area (Å²) in [6.07, 6.45) is 0. The van der Waals surface area contributed by atoms with Crippen LogP contribution in [0.25, 0.3) is 0 Å². The lowest BCUT2D eigenvalue weighted by molar-refractivity contribution is 0.307. The van der Waals surface area contributed by atoms with Crippen molar-refractivity contribution in [3.63, 3.8) is 0 Å². The summed E-state index contributed by atoms with van der Waals surface area (Å²) in [5, 5.41) is 4.20. The molecular weight excluding hydrogens is 338 g/mol. The second kappa shape index (κ2) is 7.67. The maximum absolute atomic E-state index is 6.17. The molecule has 0 aliphatic carbocycles. The molecule has 0 heterocycles. The van der Waals surface area contributed by atoms with Crippen LogP contribution < -0.4 is 10.1 Å². The molecule has 0 aliphatic heterocycles. The minimum absolute atomic E-state index is 0.204. The number of rotatable bonds is 6. The molecule has 1 atom stereocenters. The van der Waals surface area contributed by atoms with Gasteiger partial charge in [-0.2, -0.15) is 0 Å². The van der Waals surface area contributed by atoms with Crippen LogP contribution in [0.4, 0.5) is 0 Å². The molecule has 0 fully saturated rings. The van der Waals surface area contributed by atoms with E-state index in [-0.39, 0.29) is 6.04 Å². The lowest BCUT2D eigenvalue weighted by atomic mass is 10.1. The second-order valence-electron chi connectivity index (χ2n) is 4.50. The van der Waals surface area contributed by atoms with Crippen molar-refractivity contribution in [1.82, 2.24) is 5.32 Å². The van der Waals surface area contributed by atoms with Gasteiger partial charge in [-0.1, -0.05) is 51.8 Å². The number of hydrogen-bond acceptors (Lipinski definition) is 2. The Morgan fingerprint density at radius 1 is 1.20 bits per heavy atom. The first kappa shape index (κ1) is 15.4. The number of hydrogen-bond donors (Lipinski definition) is 1. The van der Waals surface area contributed by atoms with Crippen LogP contribution in [-0.2, 0) is 0 Å². The molecule has 0 bridgehead atoms. The van der Waals surface area contributed by atoms with Gasteiger partial charge in [0.1, 0.15) is 12.4 Å².